The number of benzene rings is 1. The summed E-state index contributed by atoms with van der Waals surface area (Å²) in [5.41, 5.74) is 1.87. The smallest absolute Gasteiger partial charge is 0.321 e. The lowest BCUT2D eigenvalue weighted by Crippen LogP contribution is -2.02. The van der Waals surface area contributed by atoms with Crippen molar-refractivity contribution >= 4 is 12.9 Å². The zero-order valence-electron chi connectivity index (χ0n) is 8.32. The van der Waals surface area contributed by atoms with E-state index in [4.69, 9.17) is 9.79 Å². The molecule has 1 aromatic heterocycles. The van der Waals surface area contributed by atoms with Gasteiger partial charge in [-0.15, -0.1) is 0 Å². The molecule has 0 saturated heterocycles. The van der Waals surface area contributed by atoms with Crippen LogP contribution in [0.25, 0.3) is 11.1 Å². The van der Waals surface area contributed by atoms with E-state index in [1.54, 1.807) is 24.5 Å². The minimum Gasteiger partial charge on any atom is -0.321 e. The average Bonchev–Trinajstić information content (AvgIpc) is 2.29. The van der Waals surface area contributed by atoms with E-state index in [9.17, 15) is 4.57 Å². The van der Waals surface area contributed by atoms with Gasteiger partial charge in [-0.2, -0.15) is 0 Å². The van der Waals surface area contributed by atoms with Gasteiger partial charge in [-0.05, 0) is 35.4 Å². The zero-order chi connectivity index (χ0) is 11.6. The van der Waals surface area contributed by atoms with Gasteiger partial charge in [0.25, 0.3) is 0 Å². The van der Waals surface area contributed by atoms with Gasteiger partial charge >= 0.3 is 7.60 Å². The van der Waals surface area contributed by atoms with Gasteiger partial charge in [0.15, 0.2) is 0 Å². The van der Waals surface area contributed by atoms with Crippen molar-refractivity contribution in [1.29, 1.82) is 0 Å². The first-order chi connectivity index (χ1) is 7.57. The number of aromatic nitrogens is 1. The predicted molar refractivity (Wildman–Crippen MR) is 61.4 cm³/mol. The van der Waals surface area contributed by atoms with Crippen LogP contribution in [0.3, 0.4) is 0 Å². The first-order valence-electron chi connectivity index (χ1n) is 4.64. The summed E-state index contributed by atoms with van der Waals surface area (Å²) in [4.78, 5) is 21.8. The molecule has 5 heteroatoms. The van der Waals surface area contributed by atoms with Crippen molar-refractivity contribution in [3.8, 4) is 11.1 Å². The summed E-state index contributed by atoms with van der Waals surface area (Å²) in [7, 11) is -4.14. The Morgan fingerprint density at radius 2 is 1.38 bits per heavy atom. The van der Waals surface area contributed by atoms with Crippen molar-refractivity contribution in [2.45, 2.75) is 0 Å². The van der Waals surface area contributed by atoms with E-state index in [1.165, 1.54) is 12.1 Å². The van der Waals surface area contributed by atoms with Crippen LogP contribution in [0.5, 0.6) is 0 Å². The Balaban J connectivity index is 2.38. The molecule has 0 atom stereocenters. The van der Waals surface area contributed by atoms with Crippen LogP contribution in [0.4, 0.5) is 0 Å². The van der Waals surface area contributed by atoms with Crippen LogP contribution in [-0.4, -0.2) is 14.8 Å². The fourth-order valence-corrected chi connectivity index (χ4v) is 1.93. The Morgan fingerprint density at radius 1 is 0.875 bits per heavy atom. The average molecular weight is 235 g/mol. The van der Waals surface area contributed by atoms with Crippen LogP contribution < -0.4 is 5.30 Å². The lowest BCUT2D eigenvalue weighted by atomic mass is 10.1. The Morgan fingerprint density at radius 3 is 1.88 bits per heavy atom. The SMILES string of the molecule is O=P(O)(O)c1ccc(-c2ccncc2)cc1. The highest BCUT2D eigenvalue weighted by molar-refractivity contribution is 7.60. The minimum absolute atomic E-state index is 0.0327. The first-order valence-corrected chi connectivity index (χ1v) is 6.25. The molecule has 0 radical (unpaired) electrons. The minimum atomic E-state index is -4.14. The summed E-state index contributed by atoms with van der Waals surface area (Å²) in [5, 5.41) is 0.0327. The molecular weight excluding hydrogens is 225 g/mol. The summed E-state index contributed by atoms with van der Waals surface area (Å²) in [6.45, 7) is 0. The summed E-state index contributed by atoms with van der Waals surface area (Å²) in [6.07, 6.45) is 3.35. The van der Waals surface area contributed by atoms with E-state index in [2.05, 4.69) is 4.98 Å². The third kappa shape index (κ3) is 2.36. The van der Waals surface area contributed by atoms with Gasteiger partial charge in [0.2, 0.25) is 0 Å². The molecule has 2 rings (SSSR count). The molecule has 0 amide bonds. The maximum Gasteiger partial charge on any atom is 0.356 e. The van der Waals surface area contributed by atoms with Crippen LogP contribution in [0.2, 0.25) is 0 Å². The van der Waals surface area contributed by atoms with Crippen molar-refractivity contribution in [1.82, 2.24) is 4.98 Å². The Hall–Kier alpha value is -1.48. The second-order valence-corrected chi connectivity index (χ2v) is 4.93. The summed E-state index contributed by atoms with van der Waals surface area (Å²) in [6, 6.07) is 9.93. The van der Waals surface area contributed by atoms with Crippen molar-refractivity contribution < 1.29 is 14.4 Å². The number of nitrogens with zero attached hydrogens (tertiary/aromatic N) is 1. The third-order valence-electron chi connectivity index (χ3n) is 2.22. The van der Waals surface area contributed by atoms with Crippen LogP contribution >= 0.6 is 7.60 Å². The first kappa shape index (κ1) is 11.0. The number of hydrogen-bond donors (Lipinski definition) is 2. The molecule has 0 bridgehead atoms. The van der Waals surface area contributed by atoms with Gasteiger partial charge in [0, 0.05) is 12.4 Å². The molecule has 2 aromatic rings. The Kier molecular flexibility index (Phi) is 2.88. The molecule has 0 fully saturated rings. The fourth-order valence-electron chi connectivity index (χ4n) is 1.39. The van der Waals surface area contributed by atoms with Gasteiger partial charge in [0.05, 0.1) is 5.30 Å². The lowest BCUT2D eigenvalue weighted by Gasteiger charge is -2.05. The number of rotatable bonds is 2. The molecule has 4 nitrogen and oxygen atoms in total. The second kappa shape index (κ2) is 4.18. The van der Waals surface area contributed by atoms with Crippen molar-refractivity contribution in [3.63, 3.8) is 0 Å². The van der Waals surface area contributed by atoms with Crippen molar-refractivity contribution in [3.05, 3.63) is 48.8 Å². The van der Waals surface area contributed by atoms with E-state index in [1.807, 2.05) is 12.1 Å². The zero-order valence-corrected chi connectivity index (χ0v) is 9.21. The highest BCUT2D eigenvalue weighted by Gasteiger charge is 2.16. The molecular formula is C11H10NO3P. The molecule has 82 valence electrons. The van der Waals surface area contributed by atoms with E-state index in [0.717, 1.165) is 11.1 Å². The molecule has 0 unspecified atom stereocenters. The largest absolute Gasteiger partial charge is 0.356 e. The maximum absolute atomic E-state index is 11.0. The lowest BCUT2D eigenvalue weighted by molar-refractivity contribution is 0.387. The Labute approximate surface area is 92.8 Å². The van der Waals surface area contributed by atoms with E-state index in [0.29, 0.717) is 0 Å². The second-order valence-electron chi connectivity index (χ2n) is 3.33. The maximum atomic E-state index is 11.0. The molecule has 0 aliphatic carbocycles. The highest BCUT2D eigenvalue weighted by atomic mass is 31.2. The van der Waals surface area contributed by atoms with Gasteiger partial charge in [0.1, 0.15) is 0 Å². The molecule has 0 aliphatic rings. The molecule has 2 N–H and O–H groups in total. The standard InChI is InChI=1S/C11H10NO3P/c13-16(14,15)11-3-1-9(2-4-11)10-5-7-12-8-6-10/h1-8H,(H2,13,14,15). The predicted octanol–water partition coefficient (Wildman–Crippen LogP) is 1.55. The topological polar surface area (TPSA) is 70.4 Å². The quantitative estimate of drug-likeness (QED) is 0.775. The highest BCUT2D eigenvalue weighted by Crippen LogP contribution is 2.33. The molecule has 0 aliphatic heterocycles. The number of hydrogen-bond acceptors (Lipinski definition) is 2. The Bertz CT molecular complexity index is 519. The molecule has 1 aromatic carbocycles. The monoisotopic (exact) mass is 235 g/mol. The molecule has 16 heavy (non-hydrogen) atoms. The third-order valence-corrected chi connectivity index (χ3v) is 3.19. The van der Waals surface area contributed by atoms with Gasteiger partial charge in [-0.3, -0.25) is 9.55 Å². The van der Waals surface area contributed by atoms with Crippen LogP contribution in [0.15, 0.2) is 48.8 Å². The van der Waals surface area contributed by atoms with Crippen LogP contribution in [-0.2, 0) is 4.57 Å². The summed E-state index contributed by atoms with van der Waals surface area (Å²) < 4.78 is 11.0. The van der Waals surface area contributed by atoms with E-state index in [-0.39, 0.29) is 5.30 Å². The number of pyridine rings is 1. The van der Waals surface area contributed by atoms with Gasteiger partial charge < -0.3 is 9.79 Å². The van der Waals surface area contributed by atoms with Crippen molar-refractivity contribution in [2.24, 2.45) is 0 Å². The summed E-state index contributed by atoms with van der Waals surface area (Å²) in [5.74, 6) is 0. The molecule has 0 saturated carbocycles. The van der Waals surface area contributed by atoms with Crippen molar-refractivity contribution in [2.75, 3.05) is 0 Å². The normalized spacial score (nSPS) is 11.4. The molecule has 0 spiro atoms. The molecule has 1 heterocycles. The fraction of sp³-hybridized carbons (Fsp3) is 0. The van der Waals surface area contributed by atoms with Gasteiger partial charge in [-0.1, -0.05) is 12.1 Å². The van der Waals surface area contributed by atoms with E-state index >= 15 is 0 Å². The van der Waals surface area contributed by atoms with Crippen LogP contribution in [0, 0.1) is 0 Å². The van der Waals surface area contributed by atoms with Crippen LogP contribution in [0.1, 0.15) is 0 Å². The summed E-state index contributed by atoms with van der Waals surface area (Å²) >= 11 is 0. The van der Waals surface area contributed by atoms with Gasteiger partial charge in [-0.25, -0.2) is 0 Å². The van der Waals surface area contributed by atoms with E-state index < -0.39 is 7.60 Å².